The van der Waals surface area contributed by atoms with Crippen molar-refractivity contribution < 1.29 is 14.3 Å². The number of rotatable bonds is 6. The van der Waals surface area contributed by atoms with Crippen LogP contribution in [0.15, 0.2) is 30.3 Å². The summed E-state index contributed by atoms with van der Waals surface area (Å²) in [4.78, 5) is 32.8. The lowest BCUT2D eigenvalue weighted by atomic mass is 10.1. The number of ether oxygens (including phenoxy) is 2. The second-order valence-corrected chi connectivity index (χ2v) is 8.89. The number of methoxy groups -OCH3 is 2. The largest absolute Gasteiger partial charge is 0.493 e. The van der Waals surface area contributed by atoms with Crippen molar-refractivity contribution in [2.45, 2.75) is 12.8 Å². The van der Waals surface area contributed by atoms with E-state index in [1.54, 1.807) is 14.2 Å². The molecular weight excluding hydrogens is 446 g/mol. The number of carbonyl (C=O) groups is 1. The van der Waals surface area contributed by atoms with Gasteiger partial charge in [0.15, 0.2) is 17.3 Å². The van der Waals surface area contributed by atoms with Crippen LogP contribution in [0.1, 0.15) is 12.8 Å². The van der Waals surface area contributed by atoms with E-state index in [-0.39, 0.29) is 11.9 Å². The number of piperazine rings is 1. The van der Waals surface area contributed by atoms with Gasteiger partial charge in [-0.3, -0.25) is 9.69 Å². The van der Waals surface area contributed by atoms with Gasteiger partial charge >= 0.3 is 0 Å². The van der Waals surface area contributed by atoms with Crippen LogP contribution < -0.4 is 20.1 Å². The fraction of sp³-hybridized carbons (Fsp3) is 0.440. The molecule has 0 radical (unpaired) electrons. The Kier molecular flexibility index (Phi) is 6.54. The van der Waals surface area contributed by atoms with Gasteiger partial charge in [-0.25, -0.2) is 9.97 Å². The van der Waals surface area contributed by atoms with Crippen LogP contribution in [0.4, 0.5) is 11.8 Å². The summed E-state index contributed by atoms with van der Waals surface area (Å²) < 4.78 is 10.8. The lowest BCUT2D eigenvalue weighted by Gasteiger charge is -2.35. The number of nitrogens with two attached hydrogens (primary N) is 1. The predicted molar refractivity (Wildman–Crippen MR) is 135 cm³/mol. The summed E-state index contributed by atoms with van der Waals surface area (Å²) in [6, 6.07) is 9.55. The van der Waals surface area contributed by atoms with Gasteiger partial charge in [0.1, 0.15) is 5.52 Å². The molecule has 10 heteroatoms. The van der Waals surface area contributed by atoms with Crippen molar-refractivity contribution in [1.29, 1.82) is 0 Å². The number of benzene rings is 1. The molecule has 2 N–H and O–H groups in total. The number of aromatic nitrogens is 3. The maximum absolute atomic E-state index is 12.5. The Bertz CT molecular complexity index is 1220. The zero-order chi connectivity index (χ0) is 24.4. The molecule has 2 aliphatic rings. The normalized spacial score (nSPS) is 16.6. The number of carbonyl (C=O) groups excluding carboxylic acids is 1. The minimum Gasteiger partial charge on any atom is -0.493 e. The summed E-state index contributed by atoms with van der Waals surface area (Å²) in [7, 11) is 3.23. The van der Waals surface area contributed by atoms with E-state index < -0.39 is 0 Å². The second-order valence-electron chi connectivity index (χ2n) is 8.89. The highest BCUT2D eigenvalue weighted by atomic mass is 16.5. The summed E-state index contributed by atoms with van der Waals surface area (Å²) in [5.74, 6) is 2.48. The zero-order valence-electron chi connectivity index (χ0n) is 20.2. The molecule has 2 aliphatic heterocycles. The van der Waals surface area contributed by atoms with Crippen molar-refractivity contribution >= 4 is 28.7 Å². The van der Waals surface area contributed by atoms with Crippen molar-refractivity contribution in [1.82, 2.24) is 24.8 Å². The predicted octanol–water partition coefficient (Wildman–Crippen LogP) is 2.04. The first-order valence-electron chi connectivity index (χ1n) is 12.0. The van der Waals surface area contributed by atoms with Crippen LogP contribution >= 0.6 is 0 Å². The van der Waals surface area contributed by atoms with Crippen LogP contribution in [0.2, 0.25) is 0 Å². The SMILES string of the molecule is COc1ccc(-c2ccc3nc(N)nc(N4CCN(CC(=O)N5CCCC5)CC4)c3n2)cc1OC. The van der Waals surface area contributed by atoms with Crippen molar-refractivity contribution in [2.75, 3.05) is 70.7 Å². The monoisotopic (exact) mass is 477 g/mol. The minimum absolute atomic E-state index is 0.222. The van der Waals surface area contributed by atoms with E-state index in [9.17, 15) is 4.79 Å². The number of pyridine rings is 1. The average Bonchev–Trinajstić information content (AvgIpc) is 3.43. The van der Waals surface area contributed by atoms with Gasteiger partial charge in [-0.2, -0.15) is 4.98 Å². The summed E-state index contributed by atoms with van der Waals surface area (Å²) >= 11 is 0. The maximum atomic E-state index is 12.5. The van der Waals surface area contributed by atoms with Crippen molar-refractivity contribution in [3.05, 3.63) is 30.3 Å². The molecule has 3 aromatic rings. The third-order valence-electron chi connectivity index (χ3n) is 6.71. The number of amides is 1. The van der Waals surface area contributed by atoms with E-state index in [0.717, 1.165) is 69.2 Å². The first-order valence-corrected chi connectivity index (χ1v) is 12.0. The molecule has 0 atom stereocenters. The van der Waals surface area contributed by atoms with E-state index in [0.29, 0.717) is 29.1 Å². The summed E-state index contributed by atoms with van der Waals surface area (Å²) in [6.45, 7) is 5.28. The molecule has 2 aromatic heterocycles. The molecule has 10 nitrogen and oxygen atoms in total. The summed E-state index contributed by atoms with van der Waals surface area (Å²) in [5.41, 5.74) is 9.13. The van der Waals surface area contributed by atoms with E-state index in [2.05, 4.69) is 19.8 Å². The third-order valence-corrected chi connectivity index (χ3v) is 6.71. The van der Waals surface area contributed by atoms with Gasteiger partial charge < -0.3 is 25.0 Å². The van der Waals surface area contributed by atoms with Gasteiger partial charge in [0.25, 0.3) is 0 Å². The highest BCUT2D eigenvalue weighted by Gasteiger charge is 2.25. The van der Waals surface area contributed by atoms with Crippen LogP contribution in [-0.2, 0) is 4.79 Å². The van der Waals surface area contributed by atoms with Gasteiger partial charge in [0.05, 0.1) is 32.0 Å². The molecule has 0 saturated carbocycles. The molecule has 1 aromatic carbocycles. The van der Waals surface area contributed by atoms with Crippen molar-refractivity contribution in [3.63, 3.8) is 0 Å². The maximum Gasteiger partial charge on any atom is 0.236 e. The van der Waals surface area contributed by atoms with Crippen LogP contribution in [0.5, 0.6) is 11.5 Å². The van der Waals surface area contributed by atoms with E-state index in [1.807, 2.05) is 35.2 Å². The molecule has 2 fully saturated rings. The Balaban J connectivity index is 1.38. The smallest absolute Gasteiger partial charge is 0.236 e. The molecule has 0 aliphatic carbocycles. The molecular formula is C25H31N7O3. The van der Waals surface area contributed by atoms with Crippen molar-refractivity contribution in [3.8, 4) is 22.8 Å². The molecule has 184 valence electrons. The van der Waals surface area contributed by atoms with Crippen molar-refractivity contribution in [2.24, 2.45) is 0 Å². The molecule has 0 unspecified atom stereocenters. The topological polar surface area (TPSA) is 110 Å². The molecule has 0 spiro atoms. The van der Waals surface area contributed by atoms with Gasteiger partial charge in [0, 0.05) is 44.8 Å². The second kappa shape index (κ2) is 9.91. The molecule has 2 saturated heterocycles. The van der Waals surface area contributed by atoms with Crippen LogP contribution in [-0.4, -0.2) is 90.7 Å². The molecule has 1 amide bonds. The average molecular weight is 478 g/mol. The number of likely N-dealkylation sites (tertiary alicyclic amines) is 1. The Morgan fingerprint density at radius 3 is 2.37 bits per heavy atom. The number of hydrogen-bond acceptors (Lipinski definition) is 9. The quantitative estimate of drug-likeness (QED) is 0.570. The van der Waals surface area contributed by atoms with Gasteiger partial charge in [0.2, 0.25) is 11.9 Å². The molecule has 35 heavy (non-hydrogen) atoms. The lowest BCUT2D eigenvalue weighted by molar-refractivity contribution is -0.131. The molecule has 5 rings (SSSR count). The Labute approximate surface area is 204 Å². The first kappa shape index (κ1) is 23.1. The zero-order valence-corrected chi connectivity index (χ0v) is 20.2. The third kappa shape index (κ3) is 4.79. The van der Waals surface area contributed by atoms with Gasteiger partial charge in [-0.1, -0.05) is 0 Å². The number of anilines is 2. The molecule has 0 bridgehead atoms. The van der Waals surface area contributed by atoms with Crippen LogP contribution in [0.3, 0.4) is 0 Å². The summed E-state index contributed by atoms with van der Waals surface area (Å²) in [5, 5.41) is 0. The first-order chi connectivity index (χ1) is 17.1. The highest BCUT2D eigenvalue weighted by molar-refractivity contribution is 5.89. The highest BCUT2D eigenvalue weighted by Crippen LogP contribution is 2.33. The number of hydrogen-bond donors (Lipinski definition) is 1. The van der Waals surface area contributed by atoms with E-state index >= 15 is 0 Å². The van der Waals surface area contributed by atoms with Crippen LogP contribution in [0.25, 0.3) is 22.3 Å². The molecule has 4 heterocycles. The fourth-order valence-electron chi connectivity index (χ4n) is 4.77. The fourth-order valence-corrected chi connectivity index (χ4v) is 4.77. The number of nitrogen functional groups attached to an aromatic ring is 1. The lowest BCUT2D eigenvalue weighted by Crippen LogP contribution is -2.50. The Hall–Kier alpha value is -3.66. The van der Waals surface area contributed by atoms with E-state index in [1.165, 1.54) is 0 Å². The number of fused-ring (bicyclic) bond motifs is 1. The standard InChI is InChI=1S/C25H31N7O3/c1-34-20-8-5-17(15-21(20)35-2)18-6-7-19-23(27-18)24(29-25(26)28-19)32-13-11-30(12-14-32)16-22(33)31-9-3-4-10-31/h5-8,15H,3-4,9-14,16H2,1-2H3,(H2,26,28,29). The Morgan fingerprint density at radius 2 is 1.66 bits per heavy atom. The minimum atomic E-state index is 0.222. The van der Waals surface area contributed by atoms with Gasteiger partial charge in [-0.15, -0.1) is 0 Å². The Morgan fingerprint density at radius 1 is 0.914 bits per heavy atom. The van der Waals surface area contributed by atoms with Gasteiger partial charge in [-0.05, 0) is 43.2 Å². The van der Waals surface area contributed by atoms with E-state index in [4.69, 9.17) is 20.2 Å². The van der Waals surface area contributed by atoms with Crippen LogP contribution in [0, 0.1) is 0 Å². The number of nitrogens with zero attached hydrogens (tertiary/aromatic N) is 6. The summed E-state index contributed by atoms with van der Waals surface area (Å²) in [6.07, 6.45) is 2.22.